The van der Waals surface area contributed by atoms with Crippen molar-refractivity contribution in [3.05, 3.63) is 54.1 Å². The maximum absolute atomic E-state index is 13.8. The van der Waals surface area contributed by atoms with E-state index in [1.807, 2.05) is 37.3 Å². The topological polar surface area (TPSA) is 105 Å². The molecule has 1 saturated carbocycles. The van der Waals surface area contributed by atoms with Crippen LogP contribution in [-0.2, 0) is 26.2 Å². The number of sulfonamides is 1. The molecule has 0 heterocycles. The van der Waals surface area contributed by atoms with Crippen LogP contribution in [0.1, 0.15) is 44.6 Å². The minimum atomic E-state index is -3.88. The van der Waals surface area contributed by atoms with Gasteiger partial charge in [0.2, 0.25) is 21.8 Å². The molecule has 1 unspecified atom stereocenters. The van der Waals surface area contributed by atoms with E-state index in [2.05, 4.69) is 5.32 Å². The Hall–Kier alpha value is -3.27. The van der Waals surface area contributed by atoms with Gasteiger partial charge >= 0.3 is 0 Å². The summed E-state index contributed by atoms with van der Waals surface area (Å²) in [6.07, 6.45) is 5.42. The molecule has 1 N–H and O–H groups in total. The van der Waals surface area contributed by atoms with Crippen molar-refractivity contribution in [3.63, 3.8) is 0 Å². The lowest BCUT2D eigenvalue weighted by Gasteiger charge is -2.33. The van der Waals surface area contributed by atoms with E-state index in [4.69, 9.17) is 9.47 Å². The molecule has 1 aliphatic rings. The fourth-order valence-corrected chi connectivity index (χ4v) is 5.51. The minimum absolute atomic E-state index is 0.103. The zero-order chi connectivity index (χ0) is 27.0. The average molecular weight is 532 g/mol. The number of benzene rings is 2. The number of hydrogen-bond donors (Lipinski definition) is 1. The van der Waals surface area contributed by atoms with Crippen molar-refractivity contribution >= 4 is 27.5 Å². The highest BCUT2D eigenvalue weighted by Crippen LogP contribution is 2.33. The number of carbonyl (C=O) groups excluding carboxylic acids is 2. The van der Waals surface area contributed by atoms with E-state index in [1.165, 1.54) is 25.2 Å². The standard InChI is InChI=1S/C27H37N3O6S/c1-5-23(27(32)28-21-13-9-10-14-21)29(18-20-11-7-6-8-12-20)26(31)19-30(37(4,33)34)24-16-15-22(35-2)17-25(24)36-3/h6-8,11-12,15-17,21,23H,5,9-10,13-14,18-19H2,1-4H3,(H,28,32). The minimum Gasteiger partial charge on any atom is -0.497 e. The molecule has 0 radical (unpaired) electrons. The van der Waals surface area contributed by atoms with Crippen LogP contribution in [-0.4, -0.2) is 64.2 Å². The van der Waals surface area contributed by atoms with Crippen LogP contribution in [0.2, 0.25) is 0 Å². The number of methoxy groups -OCH3 is 2. The summed E-state index contributed by atoms with van der Waals surface area (Å²) in [5, 5.41) is 3.10. The van der Waals surface area contributed by atoms with E-state index < -0.39 is 28.5 Å². The number of amides is 2. The molecule has 0 saturated heterocycles. The first-order valence-corrected chi connectivity index (χ1v) is 14.4. The number of rotatable bonds is 12. The van der Waals surface area contributed by atoms with Gasteiger partial charge in [-0.3, -0.25) is 13.9 Å². The fraction of sp³-hybridized carbons (Fsp3) is 0.481. The molecule has 0 bridgehead atoms. The van der Waals surface area contributed by atoms with Crippen molar-refractivity contribution in [2.75, 3.05) is 31.3 Å². The lowest BCUT2D eigenvalue weighted by atomic mass is 10.1. The molecule has 1 atom stereocenters. The Labute approximate surface area is 219 Å². The van der Waals surface area contributed by atoms with Crippen LogP contribution in [0.25, 0.3) is 0 Å². The van der Waals surface area contributed by atoms with Crippen molar-refractivity contribution in [1.29, 1.82) is 0 Å². The van der Waals surface area contributed by atoms with Gasteiger partial charge in [-0.2, -0.15) is 0 Å². The van der Waals surface area contributed by atoms with E-state index in [-0.39, 0.29) is 29.9 Å². The molecule has 9 nitrogen and oxygen atoms in total. The van der Waals surface area contributed by atoms with E-state index in [1.54, 1.807) is 12.1 Å². The molecule has 2 aromatic rings. The number of nitrogens with one attached hydrogen (secondary N) is 1. The molecular weight excluding hydrogens is 494 g/mol. The summed E-state index contributed by atoms with van der Waals surface area (Å²) in [4.78, 5) is 28.6. The Balaban J connectivity index is 1.95. The van der Waals surface area contributed by atoms with E-state index in [9.17, 15) is 18.0 Å². The fourth-order valence-electron chi connectivity index (χ4n) is 4.65. The Morgan fingerprint density at radius 3 is 2.30 bits per heavy atom. The third-order valence-electron chi connectivity index (χ3n) is 6.62. The molecule has 2 aromatic carbocycles. The van der Waals surface area contributed by atoms with Gasteiger partial charge in [-0.1, -0.05) is 50.1 Å². The van der Waals surface area contributed by atoms with Crippen LogP contribution in [0.5, 0.6) is 11.5 Å². The van der Waals surface area contributed by atoms with Crippen molar-refractivity contribution in [3.8, 4) is 11.5 Å². The Bertz CT molecular complexity index is 1170. The highest BCUT2D eigenvalue weighted by atomic mass is 32.2. The summed E-state index contributed by atoms with van der Waals surface area (Å²) in [5.74, 6) is 0.0334. The molecule has 3 rings (SSSR count). The SMILES string of the molecule is CCC(C(=O)NC1CCCC1)N(Cc1ccccc1)C(=O)CN(c1ccc(OC)cc1OC)S(C)(=O)=O. The van der Waals surface area contributed by atoms with Gasteiger partial charge in [-0.05, 0) is 37.0 Å². The lowest BCUT2D eigenvalue weighted by Crippen LogP contribution is -2.53. The zero-order valence-corrected chi connectivity index (χ0v) is 22.8. The van der Waals surface area contributed by atoms with Crippen LogP contribution in [0, 0.1) is 0 Å². The molecule has 1 fully saturated rings. The molecular formula is C27H37N3O6S. The summed E-state index contributed by atoms with van der Waals surface area (Å²) >= 11 is 0. The quantitative estimate of drug-likeness (QED) is 0.451. The lowest BCUT2D eigenvalue weighted by molar-refractivity contribution is -0.140. The van der Waals surface area contributed by atoms with E-state index in [0.29, 0.717) is 12.2 Å². The summed E-state index contributed by atoms with van der Waals surface area (Å²) in [6, 6.07) is 13.4. The molecule has 10 heteroatoms. The largest absolute Gasteiger partial charge is 0.497 e. The monoisotopic (exact) mass is 531 g/mol. The number of carbonyl (C=O) groups is 2. The Morgan fingerprint density at radius 1 is 1.05 bits per heavy atom. The third kappa shape index (κ3) is 7.38. The van der Waals surface area contributed by atoms with Crippen LogP contribution >= 0.6 is 0 Å². The second-order valence-corrected chi connectivity index (χ2v) is 11.1. The van der Waals surface area contributed by atoms with Crippen molar-refractivity contribution in [2.24, 2.45) is 0 Å². The molecule has 0 aromatic heterocycles. The van der Waals surface area contributed by atoms with Crippen LogP contribution in [0.3, 0.4) is 0 Å². The number of hydrogen-bond acceptors (Lipinski definition) is 6. The normalized spacial score (nSPS) is 14.6. The van der Waals surface area contributed by atoms with Crippen LogP contribution in [0.4, 0.5) is 5.69 Å². The van der Waals surface area contributed by atoms with Gasteiger partial charge in [0.05, 0.1) is 26.2 Å². The summed E-state index contributed by atoms with van der Waals surface area (Å²) in [7, 11) is -0.964. The smallest absolute Gasteiger partial charge is 0.244 e. The van der Waals surface area contributed by atoms with Crippen LogP contribution < -0.4 is 19.1 Å². The summed E-state index contributed by atoms with van der Waals surface area (Å²) < 4.78 is 37.4. The van der Waals surface area contributed by atoms with Crippen molar-refractivity contribution < 1.29 is 27.5 Å². The van der Waals surface area contributed by atoms with Gasteiger partial charge in [-0.25, -0.2) is 8.42 Å². The number of anilines is 1. The Kier molecular flexibility index (Phi) is 9.79. The predicted octanol–water partition coefficient (Wildman–Crippen LogP) is 3.34. The van der Waals surface area contributed by atoms with Crippen LogP contribution in [0.15, 0.2) is 48.5 Å². The van der Waals surface area contributed by atoms with Crippen molar-refractivity contribution in [1.82, 2.24) is 10.2 Å². The first-order valence-electron chi connectivity index (χ1n) is 12.5. The van der Waals surface area contributed by atoms with Gasteiger partial charge in [0.15, 0.2) is 0 Å². The second-order valence-electron chi connectivity index (χ2n) is 9.23. The van der Waals surface area contributed by atoms with E-state index in [0.717, 1.165) is 41.8 Å². The van der Waals surface area contributed by atoms with Gasteiger partial charge in [0.25, 0.3) is 0 Å². The molecule has 37 heavy (non-hydrogen) atoms. The van der Waals surface area contributed by atoms with Gasteiger partial charge in [0, 0.05) is 18.7 Å². The van der Waals surface area contributed by atoms with E-state index >= 15 is 0 Å². The summed E-state index contributed by atoms with van der Waals surface area (Å²) in [6.45, 7) is 1.54. The molecule has 202 valence electrons. The third-order valence-corrected chi connectivity index (χ3v) is 7.74. The molecule has 0 spiro atoms. The van der Waals surface area contributed by atoms with Gasteiger partial charge in [0.1, 0.15) is 24.1 Å². The predicted molar refractivity (Wildman–Crippen MR) is 143 cm³/mol. The highest BCUT2D eigenvalue weighted by molar-refractivity contribution is 7.92. The maximum atomic E-state index is 13.8. The Morgan fingerprint density at radius 2 is 1.73 bits per heavy atom. The highest BCUT2D eigenvalue weighted by Gasteiger charge is 2.33. The molecule has 2 amide bonds. The zero-order valence-electron chi connectivity index (χ0n) is 22.0. The summed E-state index contributed by atoms with van der Waals surface area (Å²) in [5.41, 5.74) is 1.05. The van der Waals surface area contributed by atoms with Crippen molar-refractivity contribution in [2.45, 2.75) is 57.7 Å². The first kappa shape index (κ1) is 28.3. The molecule has 1 aliphatic carbocycles. The second kappa shape index (κ2) is 12.8. The maximum Gasteiger partial charge on any atom is 0.244 e. The van der Waals surface area contributed by atoms with Gasteiger partial charge in [-0.15, -0.1) is 0 Å². The first-order chi connectivity index (χ1) is 17.7. The number of nitrogens with zero attached hydrogens (tertiary/aromatic N) is 2. The molecule has 0 aliphatic heterocycles. The average Bonchev–Trinajstić information content (AvgIpc) is 3.39. The number of ether oxygens (including phenoxy) is 2. The van der Waals surface area contributed by atoms with Gasteiger partial charge < -0.3 is 19.7 Å².